The van der Waals surface area contributed by atoms with Gasteiger partial charge in [0.2, 0.25) is 23.6 Å². The molecule has 1 aliphatic carbocycles. The van der Waals surface area contributed by atoms with Crippen LogP contribution >= 0.6 is 0 Å². The van der Waals surface area contributed by atoms with Crippen molar-refractivity contribution in [3.8, 4) is 5.75 Å². The highest BCUT2D eigenvalue weighted by atomic mass is 16.5. The number of carboxylic acid groups (broad SMARTS) is 1. The number of para-hydroxylation sites is 1. The number of fused-ring (bicyclic) bond motifs is 2. The summed E-state index contributed by atoms with van der Waals surface area (Å²) in [6.45, 7) is 0.590. The lowest BCUT2D eigenvalue weighted by molar-refractivity contribution is -0.142. The van der Waals surface area contributed by atoms with Crippen LogP contribution in [0, 0.1) is 11.8 Å². The first-order valence-corrected chi connectivity index (χ1v) is 19.2. The third-order valence-electron chi connectivity index (χ3n) is 10.6. The van der Waals surface area contributed by atoms with Gasteiger partial charge in [0, 0.05) is 48.4 Å². The summed E-state index contributed by atoms with van der Waals surface area (Å²) in [5.74, 6) is -4.07. The highest BCUT2D eigenvalue weighted by Crippen LogP contribution is 2.31. The number of hydrogen-bond acceptors (Lipinski definition) is 6. The number of carboxylic acids is 1. The van der Waals surface area contributed by atoms with Crippen molar-refractivity contribution < 1.29 is 33.8 Å². The molecule has 1 heterocycles. The molecular weight excluding hydrogens is 711 g/mol. The van der Waals surface area contributed by atoms with Crippen molar-refractivity contribution in [3.63, 3.8) is 0 Å². The van der Waals surface area contributed by atoms with Gasteiger partial charge in [0.25, 0.3) is 0 Å². The van der Waals surface area contributed by atoms with Gasteiger partial charge in [0.15, 0.2) is 0 Å². The third-order valence-corrected chi connectivity index (χ3v) is 10.6. The Hall–Kier alpha value is -6.17. The highest BCUT2D eigenvalue weighted by Gasteiger charge is 2.39. The van der Waals surface area contributed by atoms with Crippen molar-refractivity contribution in [2.75, 3.05) is 20.2 Å². The van der Waals surface area contributed by atoms with Crippen LogP contribution in [-0.4, -0.2) is 72.0 Å². The molecule has 292 valence electrons. The first kappa shape index (κ1) is 39.5. The molecule has 12 nitrogen and oxygen atoms in total. The van der Waals surface area contributed by atoms with Crippen molar-refractivity contribution in [3.05, 3.63) is 114 Å². The summed E-state index contributed by atoms with van der Waals surface area (Å²) in [6, 6.07) is 27.1. The molecule has 1 aromatic heterocycles. The van der Waals surface area contributed by atoms with Crippen LogP contribution in [0.5, 0.6) is 5.75 Å². The monoisotopic (exact) mass is 759 g/mol. The average Bonchev–Trinajstić information content (AvgIpc) is 3.62. The van der Waals surface area contributed by atoms with E-state index >= 15 is 0 Å². The highest BCUT2D eigenvalue weighted by molar-refractivity contribution is 5.95. The van der Waals surface area contributed by atoms with E-state index in [0.717, 1.165) is 38.4 Å². The van der Waals surface area contributed by atoms with E-state index in [-0.39, 0.29) is 18.9 Å². The van der Waals surface area contributed by atoms with E-state index < -0.39 is 54.0 Å². The van der Waals surface area contributed by atoms with E-state index in [4.69, 9.17) is 4.74 Å². The van der Waals surface area contributed by atoms with Crippen LogP contribution in [0.3, 0.4) is 0 Å². The second-order valence-electron chi connectivity index (χ2n) is 14.4. The van der Waals surface area contributed by atoms with E-state index in [9.17, 15) is 29.1 Å². The molecule has 0 spiro atoms. The molecule has 0 unspecified atom stereocenters. The van der Waals surface area contributed by atoms with Gasteiger partial charge in [0.05, 0.1) is 13.5 Å². The summed E-state index contributed by atoms with van der Waals surface area (Å²) in [5, 5.41) is 24.2. The number of methoxy groups -OCH3 is 1. The zero-order valence-corrected chi connectivity index (χ0v) is 31.5. The largest absolute Gasteiger partial charge is 0.497 e. The fourth-order valence-electron chi connectivity index (χ4n) is 7.52. The van der Waals surface area contributed by atoms with Crippen LogP contribution in [0.2, 0.25) is 0 Å². The molecule has 6 rings (SSSR count). The van der Waals surface area contributed by atoms with Gasteiger partial charge in [-0.15, -0.1) is 0 Å². The lowest BCUT2D eigenvalue weighted by Gasteiger charge is -2.32. The third kappa shape index (κ3) is 10.3. The van der Waals surface area contributed by atoms with E-state index in [1.807, 2.05) is 72.9 Å². The molecule has 0 radical (unpaired) electrons. The van der Waals surface area contributed by atoms with Gasteiger partial charge in [0.1, 0.15) is 17.8 Å². The van der Waals surface area contributed by atoms with E-state index in [2.05, 4.69) is 50.5 Å². The molecule has 0 saturated heterocycles. The summed E-state index contributed by atoms with van der Waals surface area (Å²) in [5.41, 5.74) is 3.80. The number of amides is 4. The van der Waals surface area contributed by atoms with Gasteiger partial charge < -0.3 is 36.1 Å². The number of aromatic amines is 1. The van der Waals surface area contributed by atoms with Crippen molar-refractivity contribution in [1.29, 1.82) is 0 Å². The standard InChI is InChI=1S/C44H49N5O7/c1-56-33-18-15-28(16-19-33)20-22-45-44(55)39(26-40(50)51)49-42(53)36-12-5-4-11-35(36)41(52)48-38(25-32-27-47-37-13-7-6-10-34(32)37)43(54)46-23-21-29-14-17-30-8-2-3-9-31(30)24-29/h2-3,6-10,13-19,24,27,35-36,38-39,47H,4-5,11-12,20-23,25-26H2,1H3,(H,45,55)(H,46,54)(H,48,52)(H,49,53)(H,50,51)/t35-,36+,38+,39-/m1/s1. The number of aliphatic carboxylic acids is 1. The Morgan fingerprint density at radius 2 is 1.32 bits per heavy atom. The molecule has 1 fully saturated rings. The number of nitrogens with one attached hydrogen (secondary N) is 5. The van der Waals surface area contributed by atoms with Crippen LogP contribution in [0.4, 0.5) is 0 Å². The Labute approximate surface area is 325 Å². The lowest BCUT2D eigenvalue weighted by atomic mass is 9.77. The van der Waals surface area contributed by atoms with Crippen LogP contribution in [0.1, 0.15) is 48.8 Å². The van der Waals surface area contributed by atoms with Crippen LogP contribution in [-0.2, 0) is 43.2 Å². The quantitative estimate of drug-likeness (QED) is 0.0786. The molecule has 6 N–H and O–H groups in total. The first-order chi connectivity index (χ1) is 27.2. The van der Waals surface area contributed by atoms with Gasteiger partial charge in [-0.25, -0.2) is 0 Å². The summed E-state index contributed by atoms with van der Waals surface area (Å²) < 4.78 is 5.18. The maximum atomic E-state index is 14.1. The molecule has 5 aromatic rings. The van der Waals surface area contributed by atoms with Crippen molar-refractivity contribution in [2.24, 2.45) is 11.8 Å². The van der Waals surface area contributed by atoms with Gasteiger partial charge in [-0.1, -0.05) is 85.6 Å². The van der Waals surface area contributed by atoms with Crippen LogP contribution < -0.4 is 26.0 Å². The van der Waals surface area contributed by atoms with E-state index in [1.54, 1.807) is 7.11 Å². The minimum atomic E-state index is -1.33. The number of ether oxygens (including phenoxy) is 1. The fraction of sp³-hybridized carbons (Fsp3) is 0.341. The number of benzene rings is 4. The van der Waals surface area contributed by atoms with E-state index in [0.29, 0.717) is 50.8 Å². The fourth-order valence-corrected chi connectivity index (χ4v) is 7.52. The SMILES string of the molecule is COc1ccc(CCNC(=O)[C@@H](CC(=O)O)NC(=O)[C@H]2CCCC[C@H]2C(=O)N[C@@H](Cc2c[nH]c3ccccc23)C(=O)NCCc2ccc3ccccc3c2)cc1. The molecule has 56 heavy (non-hydrogen) atoms. The topological polar surface area (TPSA) is 179 Å². The molecule has 1 aliphatic rings. The number of carbonyl (C=O) groups is 5. The molecular formula is C44H49N5O7. The number of aromatic nitrogens is 1. The number of H-pyrrole nitrogens is 1. The Morgan fingerprint density at radius 3 is 2.00 bits per heavy atom. The summed E-state index contributed by atoms with van der Waals surface area (Å²) in [6.07, 6.45) is 4.72. The Morgan fingerprint density at radius 1 is 0.732 bits per heavy atom. The van der Waals surface area contributed by atoms with Gasteiger partial charge >= 0.3 is 5.97 Å². The van der Waals surface area contributed by atoms with Crippen LogP contribution in [0.25, 0.3) is 21.7 Å². The maximum absolute atomic E-state index is 14.1. The molecule has 1 saturated carbocycles. The van der Waals surface area contributed by atoms with Crippen molar-refractivity contribution in [1.82, 2.24) is 26.3 Å². The molecule has 4 aromatic carbocycles. The minimum Gasteiger partial charge on any atom is -0.497 e. The molecule has 0 aliphatic heterocycles. The Balaban J connectivity index is 1.11. The minimum absolute atomic E-state index is 0.221. The zero-order chi connectivity index (χ0) is 39.4. The van der Waals surface area contributed by atoms with Gasteiger partial charge in [-0.3, -0.25) is 24.0 Å². The number of carbonyl (C=O) groups excluding carboxylic acids is 4. The molecule has 12 heteroatoms. The lowest BCUT2D eigenvalue weighted by Crippen LogP contribution is -2.54. The predicted octanol–water partition coefficient (Wildman–Crippen LogP) is 4.84. The summed E-state index contributed by atoms with van der Waals surface area (Å²) in [4.78, 5) is 69.9. The van der Waals surface area contributed by atoms with Crippen molar-refractivity contribution >= 4 is 51.3 Å². The maximum Gasteiger partial charge on any atom is 0.305 e. The molecule has 0 bridgehead atoms. The molecule has 4 atom stereocenters. The summed E-state index contributed by atoms with van der Waals surface area (Å²) >= 11 is 0. The number of rotatable bonds is 17. The zero-order valence-electron chi connectivity index (χ0n) is 31.5. The Kier molecular flexibility index (Phi) is 13.4. The smallest absolute Gasteiger partial charge is 0.305 e. The molecule has 4 amide bonds. The summed E-state index contributed by atoms with van der Waals surface area (Å²) in [7, 11) is 1.58. The van der Waals surface area contributed by atoms with Crippen LogP contribution in [0.15, 0.2) is 97.2 Å². The van der Waals surface area contributed by atoms with Gasteiger partial charge in [-0.2, -0.15) is 0 Å². The predicted molar refractivity (Wildman–Crippen MR) is 214 cm³/mol. The Bertz CT molecular complexity index is 2160. The van der Waals surface area contributed by atoms with Gasteiger partial charge in [-0.05, 0) is 71.3 Å². The van der Waals surface area contributed by atoms with E-state index in [1.165, 1.54) is 0 Å². The second-order valence-corrected chi connectivity index (χ2v) is 14.4. The second kappa shape index (κ2) is 18.9. The van der Waals surface area contributed by atoms with Crippen molar-refractivity contribution in [2.45, 2.75) is 63.5 Å². The first-order valence-electron chi connectivity index (χ1n) is 19.2. The normalized spacial score (nSPS) is 16.4. The number of hydrogen-bond donors (Lipinski definition) is 6. The average molecular weight is 760 g/mol.